The highest BCUT2D eigenvalue weighted by molar-refractivity contribution is 5.60. The van der Waals surface area contributed by atoms with Crippen LogP contribution in [-0.4, -0.2) is 29.9 Å². The van der Waals surface area contributed by atoms with E-state index in [1.165, 1.54) is 11.1 Å². The minimum Gasteiger partial charge on any atom is -0.496 e. The number of aldehydes is 1. The third kappa shape index (κ3) is 13.4. The monoisotopic (exact) mass is 491 g/mol. The minimum absolute atomic E-state index is 0.657. The minimum atomic E-state index is 0.657. The van der Waals surface area contributed by atoms with Crippen LogP contribution in [0.3, 0.4) is 0 Å². The fourth-order valence-corrected chi connectivity index (χ4v) is 3.11. The number of carbonyl (C=O) groups excluding carboxylic acids is 1. The van der Waals surface area contributed by atoms with Crippen LogP contribution in [0.25, 0.3) is 11.3 Å². The molecular formula is C31H45N3O2. The first-order valence-electron chi connectivity index (χ1n) is 12.8. The summed E-state index contributed by atoms with van der Waals surface area (Å²) in [4.78, 5) is 18.5. The number of unbranched alkanes of at least 4 members (excludes halogenated alkanes) is 2. The van der Waals surface area contributed by atoms with Gasteiger partial charge in [0.2, 0.25) is 5.95 Å². The number of anilines is 1. The molecule has 36 heavy (non-hydrogen) atoms. The van der Waals surface area contributed by atoms with Crippen molar-refractivity contribution in [3.8, 4) is 17.0 Å². The van der Waals surface area contributed by atoms with E-state index >= 15 is 0 Å². The number of nitrogens with one attached hydrogen (secondary N) is 1. The summed E-state index contributed by atoms with van der Waals surface area (Å²) in [6.45, 7) is 16.2. The topological polar surface area (TPSA) is 64.1 Å². The molecule has 1 aromatic heterocycles. The summed E-state index contributed by atoms with van der Waals surface area (Å²) in [5.41, 5.74) is 5.68. The van der Waals surface area contributed by atoms with Gasteiger partial charge in [0, 0.05) is 24.7 Å². The van der Waals surface area contributed by atoms with Gasteiger partial charge in [0.15, 0.2) is 0 Å². The number of allylic oxidation sites excluding steroid dienone is 1. The lowest BCUT2D eigenvalue weighted by Crippen LogP contribution is -2.08. The zero-order chi connectivity index (χ0) is 27.2. The highest BCUT2D eigenvalue weighted by atomic mass is 16.5. The van der Waals surface area contributed by atoms with Crippen molar-refractivity contribution in [1.82, 2.24) is 9.97 Å². The lowest BCUT2D eigenvalue weighted by atomic mass is 10.1. The largest absolute Gasteiger partial charge is 0.496 e. The molecule has 0 atom stereocenters. The molecule has 0 bridgehead atoms. The van der Waals surface area contributed by atoms with Crippen LogP contribution in [-0.2, 0) is 11.2 Å². The summed E-state index contributed by atoms with van der Waals surface area (Å²) in [6, 6.07) is 16.5. The number of nitrogens with zero attached hydrogens (tertiary/aromatic N) is 2. The lowest BCUT2D eigenvalue weighted by molar-refractivity contribution is -0.107. The molecule has 1 N–H and O–H groups in total. The predicted molar refractivity (Wildman–Crippen MR) is 155 cm³/mol. The molecule has 0 radical (unpaired) electrons. The fraction of sp³-hybridized carbons (Fsp3) is 0.387. The van der Waals surface area contributed by atoms with Crippen molar-refractivity contribution in [2.75, 3.05) is 19.0 Å². The van der Waals surface area contributed by atoms with Crippen molar-refractivity contribution < 1.29 is 9.53 Å². The van der Waals surface area contributed by atoms with Gasteiger partial charge in [-0.1, -0.05) is 69.2 Å². The number of carbonyl (C=O) groups is 1. The maximum absolute atomic E-state index is 9.56. The number of ether oxygens (including phenoxy) is 1. The molecule has 1 heterocycles. The Bertz CT molecular complexity index is 1000. The van der Waals surface area contributed by atoms with Gasteiger partial charge in [-0.2, -0.15) is 0 Å². The van der Waals surface area contributed by atoms with Crippen LogP contribution < -0.4 is 10.1 Å². The molecule has 196 valence electrons. The van der Waals surface area contributed by atoms with E-state index in [1.807, 2.05) is 39.0 Å². The summed E-state index contributed by atoms with van der Waals surface area (Å²) >= 11 is 0. The third-order valence-electron chi connectivity index (χ3n) is 4.80. The lowest BCUT2D eigenvalue weighted by Gasteiger charge is -2.09. The van der Waals surface area contributed by atoms with Gasteiger partial charge in [0.25, 0.3) is 0 Å². The van der Waals surface area contributed by atoms with Gasteiger partial charge >= 0.3 is 0 Å². The van der Waals surface area contributed by atoms with E-state index in [2.05, 4.69) is 73.0 Å². The Morgan fingerprint density at radius 3 is 2.36 bits per heavy atom. The fourth-order valence-electron chi connectivity index (χ4n) is 3.11. The average molecular weight is 492 g/mol. The van der Waals surface area contributed by atoms with E-state index in [0.29, 0.717) is 5.95 Å². The molecule has 0 fully saturated rings. The van der Waals surface area contributed by atoms with Crippen LogP contribution in [0, 0.1) is 13.8 Å². The quantitative estimate of drug-likeness (QED) is 0.186. The average Bonchev–Trinajstić information content (AvgIpc) is 2.90. The van der Waals surface area contributed by atoms with Crippen molar-refractivity contribution in [3.63, 3.8) is 0 Å². The number of aromatic nitrogens is 2. The zero-order valence-electron chi connectivity index (χ0n) is 23.3. The first-order chi connectivity index (χ1) is 17.5. The summed E-state index contributed by atoms with van der Waals surface area (Å²) in [5, 5.41) is 3.31. The van der Waals surface area contributed by atoms with Crippen LogP contribution >= 0.6 is 0 Å². The van der Waals surface area contributed by atoms with Crippen molar-refractivity contribution in [2.45, 2.75) is 67.2 Å². The second-order valence-corrected chi connectivity index (χ2v) is 7.83. The maximum Gasteiger partial charge on any atom is 0.223 e. The maximum atomic E-state index is 9.56. The second kappa shape index (κ2) is 20.9. The number of benzene rings is 2. The second-order valence-electron chi connectivity index (χ2n) is 7.83. The summed E-state index contributed by atoms with van der Waals surface area (Å²) in [7, 11) is 1.70. The standard InChI is InChI=1S/C21H23N3O.C5H10O.C3H6.C2H6/c1-15-5-4-6-18(13-15)19-10-12-23-21(24-19)22-11-9-17-7-8-20(25-3)16(2)14-17;1-2-3-4-5-6;1-3-2;1-2/h4-8,10,12-14H,9,11H2,1-3H3,(H,22,23,24);5H,2-4H2,1H3;3H,1H2,2H3;1-2H3. The van der Waals surface area contributed by atoms with Gasteiger partial charge in [-0.25, -0.2) is 9.97 Å². The Morgan fingerprint density at radius 1 is 1.08 bits per heavy atom. The van der Waals surface area contributed by atoms with Gasteiger partial charge in [0.05, 0.1) is 12.8 Å². The number of aryl methyl sites for hydroxylation is 2. The van der Waals surface area contributed by atoms with Crippen LogP contribution in [0.5, 0.6) is 5.75 Å². The normalized spacial score (nSPS) is 9.19. The van der Waals surface area contributed by atoms with E-state index in [-0.39, 0.29) is 0 Å². The Hall–Kier alpha value is -3.47. The van der Waals surface area contributed by atoms with Crippen molar-refractivity contribution in [3.05, 3.63) is 84.1 Å². The summed E-state index contributed by atoms with van der Waals surface area (Å²) in [5.74, 6) is 1.58. The Kier molecular flexibility index (Phi) is 18.9. The van der Waals surface area contributed by atoms with Gasteiger partial charge in [-0.15, -0.1) is 6.58 Å². The number of hydrogen-bond donors (Lipinski definition) is 1. The molecule has 3 rings (SSSR count). The Morgan fingerprint density at radius 2 is 1.81 bits per heavy atom. The number of hydrogen-bond acceptors (Lipinski definition) is 5. The van der Waals surface area contributed by atoms with Crippen LogP contribution in [0.15, 0.2) is 67.4 Å². The van der Waals surface area contributed by atoms with Gasteiger partial charge in [-0.3, -0.25) is 0 Å². The third-order valence-corrected chi connectivity index (χ3v) is 4.80. The van der Waals surface area contributed by atoms with Crippen molar-refractivity contribution >= 4 is 12.2 Å². The van der Waals surface area contributed by atoms with E-state index in [9.17, 15) is 4.79 Å². The first-order valence-corrected chi connectivity index (χ1v) is 12.8. The Labute approximate surface area is 219 Å². The van der Waals surface area contributed by atoms with E-state index in [1.54, 1.807) is 19.4 Å². The number of methoxy groups -OCH3 is 1. The Balaban J connectivity index is 0.000000949. The number of rotatable bonds is 9. The molecule has 0 aliphatic heterocycles. The van der Waals surface area contributed by atoms with Crippen LogP contribution in [0.4, 0.5) is 5.95 Å². The summed E-state index contributed by atoms with van der Waals surface area (Å²) < 4.78 is 5.30. The molecule has 0 unspecified atom stereocenters. The van der Waals surface area contributed by atoms with Crippen LogP contribution in [0.2, 0.25) is 0 Å². The van der Waals surface area contributed by atoms with Gasteiger partial charge in [0.1, 0.15) is 12.0 Å². The molecule has 5 nitrogen and oxygen atoms in total. The van der Waals surface area contributed by atoms with Crippen molar-refractivity contribution in [1.29, 1.82) is 0 Å². The zero-order valence-corrected chi connectivity index (χ0v) is 23.3. The van der Waals surface area contributed by atoms with Gasteiger partial charge < -0.3 is 14.8 Å². The van der Waals surface area contributed by atoms with Crippen molar-refractivity contribution in [2.24, 2.45) is 0 Å². The predicted octanol–water partition coefficient (Wildman–Crippen LogP) is 8.02. The summed E-state index contributed by atoms with van der Waals surface area (Å²) in [6.07, 6.45) is 8.32. The molecule has 0 spiro atoms. The molecule has 2 aromatic carbocycles. The van der Waals surface area contributed by atoms with E-state index in [4.69, 9.17) is 4.74 Å². The van der Waals surface area contributed by atoms with E-state index in [0.717, 1.165) is 61.1 Å². The van der Waals surface area contributed by atoms with Gasteiger partial charge in [-0.05, 0) is 62.9 Å². The molecule has 0 saturated carbocycles. The molecule has 0 aliphatic rings. The molecule has 5 heteroatoms. The highest BCUT2D eigenvalue weighted by Crippen LogP contribution is 2.20. The van der Waals surface area contributed by atoms with E-state index < -0.39 is 0 Å². The van der Waals surface area contributed by atoms with Crippen LogP contribution in [0.1, 0.15) is 63.6 Å². The first kappa shape index (κ1) is 32.5. The highest BCUT2D eigenvalue weighted by Gasteiger charge is 2.04. The molecule has 0 aliphatic carbocycles. The SMILES string of the molecule is C=CC.CC.CCCCC=O.COc1ccc(CCNc2nccc(-c3cccc(C)c3)n2)cc1C. The smallest absolute Gasteiger partial charge is 0.223 e. The molecular weight excluding hydrogens is 446 g/mol. The molecule has 3 aromatic rings. The molecule has 0 saturated heterocycles. The molecule has 0 amide bonds.